The average molecular weight is 407 g/mol. The topological polar surface area (TPSA) is 67.4 Å². The largest absolute Gasteiger partial charge is 0.495 e. The van der Waals surface area contributed by atoms with Crippen LogP contribution in [0.2, 0.25) is 5.02 Å². The van der Waals surface area contributed by atoms with Gasteiger partial charge in [-0.2, -0.15) is 0 Å². The quantitative estimate of drug-likeness (QED) is 0.663. The molecule has 0 spiro atoms. The average Bonchev–Trinajstić information content (AvgIpc) is 2.62. The fraction of sp³-hybridized carbons (Fsp3) is 0.300. The Morgan fingerprint density at radius 3 is 2.59 bits per heavy atom. The van der Waals surface area contributed by atoms with Gasteiger partial charge < -0.3 is 15.4 Å². The van der Waals surface area contributed by atoms with Crippen molar-refractivity contribution in [2.45, 2.75) is 31.7 Å². The lowest BCUT2D eigenvalue weighted by atomic mass is 10.1. The van der Waals surface area contributed by atoms with Crippen LogP contribution in [-0.2, 0) is 4.79 Å². The molecule has 0 saturated heterocycles. The molecule has 5 nitrogen and oxygen atoms in total. The van der Waals surface area contributed by atoms with Crippen LogP contribution in [0.1, 0.15) is 29.8 Å². The normalized spacial score (nSPS) is 10.6. The fourth-order valence-electron chi connectivity index (χ4n) is 2.41. The molecular formula is C20H23ClN2O3S. The second kappa shape index (κ2) is 9.67. The summed E-state index contributed by atoms with van der Waals surface area (Å²) in [6.07, 6.45) is 0. The van der Waals surface area contributed by atoms with Gasteiger partial charge in [0.2, 0.25) is 5.91 Å². The molecule has 0 aliphatic rings. The maximum Gasteiger partial charge on any atom is 0.256 e. The summed E-state index contributed by atoms with van der Waals surface area (Å²) in [4.78, 5) is 25.4. The van der Waals surface area contributed by atoms with Crippen molar-refractivity contribution in [3.8, 4) is 5.75 Å². The van der Waals surface area contributed by atoms with Gasteiger partial charge in [-0.05, 0) is 44.5 Å². The van der Waals surface area contributed by atoms with Crippen LogP contribution < -0.4 is 15.4 Å². The van der Waals surface area contributed by atoms with E-state index >= 15 is 0 Å². The third-order valence-electron chi connectivity index (χ3n) is 3.67. The zero-order valence-electron chi connectivity index (χ0n) is 15.8. The van der Waals surface area contributed by atoms with Gasteiger partial charge in [-0.15, -0.1) is 11.8 Å². The van der Waals surface area contributed by atoms with Gasteiger partial charge in [0.1, 0.15) is 5.75 Å². The smallest absolute Gasteiger partial charge is 0.256 e. The Labute approximate surface area is 168 Å². The summed E-state index contributed by atoms with van der Waals surface area (Å²) in [5.74, 6) is 0.384. The Morgan fingerprint density at radius 2 is 1.93 bits per heavy atom. The van der Waals surface area contributed by atoms with Crippen LogP contribution in [0.3, 0.4) is 0 Å². The Morgan fingerprint density at radius 1 is 1.22 bits per heavy atom. The van der Waals surface area contributed by atoms with Crippen LogP contribution in [0, 0.1) is 6.92 Å². The molecular weight excluding hydrogens is 384 g/mol. The van der Waals surface area contributed by atoms with Gasteiger partial charge in [0.15, 0.2) is 0 Å². The molecule has 2 aromatic carbocycles. The number of halogens is 1. The second-order valence-corrected chi connectivity index (χ2v) is 7.69. The highest BCUT2D eigenvalue weighted by Gasteiger charge is 2.16. The van der Waals surface area contributed by atoms with Gasteiger partial charge >= 0.3 is 0 Å². The molecule has 2 N–H and O–H groups in total. The molecule has 0 aliphatic carbocycles. The lowest BCUT2D eigenvalue weighted by Crippen LogP contribution is -2.31. The van der Waals surface area contributed by atoms with Gasteiger partial charge in [0.05, 0.1) is 24.1 Å². The van der Waals surface area contributed by atoms with Crippen molar-refractivity contribution in [2.24, 2.45) is 0 Å². The zero-order valence-corrected chi connectivity index (χ0v) is 17.3. The standard InChI is InChI=1S/C20H23ClN2O3S/c1-12(2)22-19(24)11-27-18-8-6-5-7-14(18)20(25)23-16-9-13(3)15(21)10-17(16)26-4/h5-10,12H,11H2,1-4H3,(H,22,24)(H,23,25). The molecule has 0 atom stereocenters. The van der Waals surface area contributed by atoms with Crippen LogP contribution >= 0.6 is 23.4 Å². The van der Waals surface area contributed by atoms with E-state index in [1.165, 1.54) is 18.9 Å². The summed E-state index contributed by atoms with van der Waals surface area (Å²) in [5.41, 5.74) is 1.87. The van der Waals surface area contributed by atoms with Gasteiger partial charge in [0.25, 0.3) is 5.91 Å². The molecule has 0 aromatic heterocycles. The van der Waals surface area contributed by atoms with Crippen molar-refractivity contribution in [3.63, 3.8) is 0 Å². The van der Waals surface area contributed by atoms with Crippen LogP contribution in [-0.4, -0.2) is 30.7 Å². The summed E-state index contributed by atoms with van der Waals surface area (Å²) in [6.45, 7) is 5.67. The summed E-state index contributed by atoms with van der Waals surface area (Å²) in [6, 6.07) is 10.7. The molecule has 0 bridgehead atoms. The predicted octanol–water partition coefficient (Wildman–Crippen LogP) is 4.53. The van der Waals surface area contributed by atoms with E-state index in [0.29, 0.717) is 22.0 Å². The van der Waals surface area contributed by atoms with E-state index in [1.54, 1.807) is 24.3 Å². The number of hydrogen-bond donors (Lipinski definition) is 2. The molecule has 144 valence electrons. The highest BCUT2D eigenvalue weighted by molar-refractivity contribution is 8.00. The first-order valence-electron chi connectivity index (χ1n) is 8.48. The first-order valence-corrected chi connectivity index (χ1v) is 9.84. The van der Waals surface area contributed by atoms with Crippen molar-refractivity contribution < 1.29 is 14.3 Å². The van der Waals surface area contributed by atoms with Crippen molar-refractivity contribution >= 4 is 40.9 Å². The summed E-state index contributed by atoms with van der Waals surface area (Å²) in [7, 11) is 1.52. The monoisotopic (exact) mass is 406 g/mol. The summed E-state index contributed by atoms with van der Waals surface area (Å²) < 4.78 is 5.31. The number of aryl methyl sites for hydroxylation is 1. The summed E-state index contributed by atoms with van der Waals surface area (Å²) >= 11 is 7.44. The van der Waals surface area contributed by atoms with Crippen LogP contribution in [0.15, 0.2) is 41.3 Å². The zero-order chi connectivity index (χ0) is 20.0. The third-order valence-corrected chi connectivity index (χ3v) is 5.15. The number of carbonyl (C=O) groups is 2. The van der Waals surface area contributed by atoms with Crippen LogP contribution in [0.4, 0.5) is 5.69 Å². The van der Waals surface area contributed by atoms with E-state index in [0.717, 1.165) is 10.5 Å². The van der Waals surface area contributed by atoms with Crippen molar-refractivity contribution in [1.29, 1.82) is 0 Å². The van der Waals surface area contributed by atoms with Gasteiger partial charge in [0, 0.05) is 22.0 Å². The first-order chi connectivity index (χ1) is 12.8. The molecule has 0 heterocycles. The van der Waals surface area contributed by atoms with Gasteiger partial charge in [-0.3, -0.25) is 9.59 Å². The number of hydrogen-bond acceptors (Lipinski definition) is 4. The van der Waals surface area contributed by atoms with Crippen molar-refractivity contribution in [2.75, 3.05) is 18.2 Å². The first kappa shape index (κ1) is 21.1. The molecule has 0 unspecified atom stereocenters. The van der Waals surface area contributed by atoms with Crippen molar-refractivity contribution in [3.05, 3.63) is 52.5 Å². The van der Waals surface area contributed by atoms with E-state index in [1.807, 2.05) is 32.9 Å². The van der Waals surface area contributed by atoms with E-state index in [-0.39, 0.29) is 23.6 Å². The third kappa shape index (κ3) is 5.91. The number of anilines is 1. The Hall–Kier alpha value is -2.18. The molecule has 27 heavy (non-hydrogen) atoms. The molecule has 7 heteroatoms. The lowest BCUT2D eigenvalue weighted by Gasteiger charge is -2.14. The predicted molar refractivity (Wildman–Crippen MR) is 111 cm³/mol. The van der Waals surface area contributed by atoms with Gasteiger partial charge in [-0.25, -0.2) is 0 Å². The molecule has 0 radical (unpaired) electrons. The Balaban J connectivity index is 2.18. The number of benzene rings is 2. The van der Waals surface area contributed by atoms with Gasteiger partial charge in [-0.1, -0.05) is 23.7 Å². The number of nitrogens with one attached hydrogen (secondary N) is 2. The van der Waals surface area contributed by atoms with E-state index < -0.39 is 0 Å². The molecule has 2 rings (SSSR count). The minimum Gasteiger partial charge on any atom is -0.495 e. The van der Waals surface area contributed by atoms with Crippen LogP contribution in [0.5, 0.6) is 5.75 Å². The van der Waals surface area contributed by atoms with E-state index in [2.05, 4.69) is 10.6 Å². The van der Waals surface area contributed by atoms with Crippen LogP contribution in [0.25, 0.3) is 0 Å². The highest BCUT2D eigenvalue weighted by Crippen LogP contribution is 2.32. The fourth-order valence-corrected chi connectivity index (χ4v) is 3.42. The number of thioether (sulfide) groups is 1. The Kier molecular flexibility index (Phi) is 7.56. The SMILES string of the molecule is COc1cc(Cl)c(C)cc1NC(=O)c1ccccc1SCC(=O)NC(C)C. The number of rotatable bonds is 7. The molecule has 2 amide bonds. The Bertz CT molecular complexity index is 840. The molecule has 0 fully saturated rings. The van der Waals surface area contributed by atoms with E-state index in [4.69, 9.17) is 16.3 Å². The molecule has 0 aliphatic heterocycles. The summed E-state index contributed by atoms with van der Waals surface area (Å²) in [5, 5.41) is 6.27. The minimum atomic E-state index is -0.276. The second-order valence-electron chi connectivity index (χ2n) is 6.26. The highest BCUT2D eigenvalue weighted by atomic mass is 35.5. The minimum absolute atomic E-state index is 0.0693. The lowest BCUT2D eigenvalue weighted by molar-refractivity contribution is -0.119. The van der Waals surface area contributed by atoms with E-state index in [9.17, 15) is 9.59 Å². The molecule has 0 saturated carbocycles. The number of methoxy groups -OCH3 is 1. The van der Waals surface area contributed by atoms with Crippen molar-refractivity contribution in [1.82, 2.24) is 5.32 Å². The maximum atomic E-state index is 12.8. The number of amides is 2. The number of ether oxygens (including phenoxy) is 1. The number of carbonyl (C=O) groups excluding carboxylic acids is 2. The maximum absolute atomic E-state index is 12.8. The molecule has 2 aromatic rings.